The molecule has 200 valence electrons. The van der Waals surface area contributed by atoms with Crippen molar-refractivity contribution < 1.29 is 4.74 Å². The van der Waals surface area contributed by atoms with Crippen molar-refractivity contribution in [2.24, 2.45) is 0 Å². The van der Waals surface area contributed by atoms with E-state index in [1.165, 1.54) is 6.33 Å². The zero-order chi connectivity index (χ0) is 27.5. The Kier molecular flexibility index (Phi) is 7.11. The molecule has 0 aliphatic carbocycles. The van der Waals surface area contributed by atoms with Crippen LogP contribution in [0.5, 0.6) is 0 Å². The summed E-state index contributed by atoms with van der Waals surface area (Å²) in [6, 6.07) is 17.0. The number of hydrogen-bond acceptors (Lipinski definition) is 9. The topological polar surface area (TPSA) is 126 Å². The van der Waals surface area contributed by atoms with Crippen LogP contribution >= 0.6 is 0 Å². The average molecular weight is 533 g/mol. The summed E-state index contributed by atoms with van der Waals surface area (Å²) in [4.78, 5) is 32.0. The number of morpholine rings is 1. The van der Waals surface area contributed by atoms with Crippen LogP contribution in [0.25, 0.3) is 16.6 Å². The fourth-order valence-corrected chi connectivity index (χ4v) is 5.41. The van der Waals surface area contributed by atoms with Gasteiger partial charge in [-0.2, -0.15) is 5.26 Å². The van der Waals surface area contributed by atoms with Gasteiger partial charge in [0.25, 0.3) is 5.56 Å². The van der Waals surface area contributed by atoms with Gasteiger partial charge in [-0.15, -0.1) is 0 Å². The minimum Gasteiger partial charge on any atom is -0.382 e. The first kappa shape index (κ1) is 25.5. The van der Waals surface area contributed by atoms with Gasteiger partial charge in [-0.05, 0) is 37.1 Å². The Labute approximate surface area is 231 Å². The van der Waals surface area contributed by atoms with Gasteiger partial charge in [0.1, 0.15) is 29.6 Å². The van der Waals surface area contributed by atoms with Crippen molar-refractivity contribution in [3.63, 3.8) is 0 Å². The van der Waals surface area contributed by atoms with Gasteiger partial charge in [-0.25, -0.2) is 15.0 Å². The van der Waals surface area contributed by atoms with Crippen LogP contribution in [-0.4, -0.2) is 63.8 Å². The number of anilines is 2. The molecule has 10 nitrogen and oxygen atoms in total. The van der Waals surface area contributed by atoms with Crippen LogP contribution in [0.2, 0.25) is 0 Å². The van der Waals surface area contributed by atoms with Gasteiger partial charge in [0.15, 0.2) is 5.82 Å². The Morgan fingerprint density at radius 1 is 1.05 bits per heavy atom. The Bertz CT molecular complexity index is 1710. The lowest BCUT2D eigenvalue weighted by molar-refractivity contribution is 0.0443. The summed E-state index contributed by atoms with van der Waals surface area (Å²) in [6.45, 7) is 4.36. The van der Waals surface area contributed by atoms with E-state index in [1.54, 1.807) is 4.57 Å². The number of benzene rings is 2. The van der Waals surface area contributed by atoms with Crippen LogP contribution < -0.4 is 16.2 Å². The molecular weight excluding hydrogens is 504 g/mol. The van der Waals surface area contributed by atoms with Crippen LogP contribution in [0.15, 0.2) is 59.7 Å². The SMILES string of the molecule is N#Cc1c(N)ncnc1N1CCC[C@H]1c1nc2cccc(C#CCN3CCOCC3)c2c(=O)n1-c1ccccc1. The maximum Gasteiger partial charge on any atom is 0.267 e. The van der Waals surface area contributed by atoms with Crippen LogP contribution in [0.3, 0.4) is 0 Å². The number of nitrogens with zero attached hydrogens (tertiary/aromatic N) is 7. The second-order valence-corrected chi connectivity index (χ2v) is 9.76. The third-order valence-corrected chi connectivity index (χ3v) is 7.36. The van der Waals surface area contributed by atoms with Gasteiger partial charge < -0.3 is 15.4 Å². The minimum absolute atomic E-state index is 0.130. The maximum atomic E-state index is 14.3. The predicted octanol–water partition coefficient (Wildman–Crippen LogP) is 2.65. The van der Waals surface area contributed by atoms with E-state index in [1.807, 2.05) is 53.4 Å². The molecule has 0 bridgehead atoms. The monoisotopic (exact) mass is 532 g/mol. The Balaban J connectivity index is 1.50. The van der Waals surface area contributed by atoms with Gasteiger partial charge in [-0.1, -0.05) is 36.1 Å². The Hall–Kier alpha value is -4.77. The van der Waals surface area contributed by atoms with Crippen molar-refractivity contribution in [2.75, 3.05) is 50.0 Å². The number of fused-ring (bicyclic) bond motifs is 1. The first-order valence-electron chi connectivity index (χ1n) is 13.3. The molecule has 2 saturated heterocycles. The van der Waals surface area contributed by atoms with Gasteiger partial charge in [0, 0.05) is 25.2 Å². The third kappa shape index (κ3) is 4.75. The van der Waals surface area contributed by atoms with E-state index < -0.39 is 0 Å². The molecule has 1 atom stereocenters. The van der Waals surface area contributed by atoms with Gasteiger partial charge >= 0.3 is 0 Å². The molecular formula is C30H28N8O2. The minimum atomic E-state index is -0.297. The number of nitriles is 1. The van der Waals surface area contributed by atoms with Crippen molar-refractivity contribution in [3.05, 3.63) is 82.2 Å². The zero-order valence-electron chi connectivity index (χ0n) is 22.0. The molecule has 0 radical (unpaired) electrons. The molecule has 0 saturated carbocycles. The summed E-state index contributed by atoms with van der Waals surface area (Å²) in [5.74, 6) is 7.65. The van der Waals surface area contributed by atoms with E-state index in [0.29, 0.717) is 60.1 Å². The van der Waals surface area contributed by atoms with E-state index >= 15 is 0 Å². The molecule has 10 heteroatoms. The fraction of sp³-hybridized carbons (Fsp3) is 0.300. The molecule has 2 aromatic carbocycles. The number of nitrogen functional groups attached to an aromatic ring is 1. The number of aromatic nitrogens is 4. The summed E-state index contributed by atoms with van der Waals surface area (Å²) in [5, 5.41) is 10.3. The van der Waals surface area contributed by atoms with Crippen LogP contribution in [0.4, 0.5) is 11.6 Å². The molecule has 0 spiro atoms. The van der Waals surface area contributed by atoms with Crippen molar-refractivity contribution >= 4 is 22.5 Å². The molecule has 0 unspecified atom stereocenters. The lowest BCUT2D eigenvalue weighted by Gasteiger charge is -2.28. The molecule has 2 aliphatic rings. The van der Waals surface area contributed by atoms with Gasteiger partial charge in [0.05, 0.1) is 42.4 Å². The summed E-state index contributed by atoms with van der Waals surface area (Å²) in [7, 11) is 0. The molecule has 6 rings (SSSR count). The zero-order valence-corrected chi connectivity index (χ0v) is 22.0. The molecule has 2 fully saturated rings. The number of ether oxygens (including phenoxy) is 1. The standard InChI is InChI=1S/C30H28N8O2/c31-19-23-27(32)33-20-34-28(23)37-14-6-12-25(37)29-35-24-11-4-7-21(8-5-13-36-15-17-40-18-16-36)26(24)30(39)38(29)22-9-2-1-3-10-22/h1-4,7,9-11,20,25H,6,12-18H2,(H2,32,33,34)/t25-/m0/s1. The number of rotatable bonds is 4. The van der Waals surface area contributed by atoms with Gasteiger partial charge in [-0.3, -0.25) is 14.3 Å². The van der Waals surface area contributed by atoms with E-state index in [0.717, 1.165) is 25.9 Å². The average Bonchev–Trinajstić information content (AvgIpc) is 3.48. The second-order valence-electron chi connectivity index (χ2n) is 9.76. The largest absolute Gasteiger partial charge is 0.382 e. The smallest absolute Gasteiger partial charge is 0.267 e. The first-order valence-corrected chi connectivity index (χ1v) is 13.3. The summed E-state index contributed by atoms with van der Waals surface area (Å²) in [5.41, 5.74) is 8.00. The Morgan fingerprint density at radius 3 is 2.67 bits per heavy atom. The molecule has 2 aliphatic heterocycles. The summed E-state index contributed by atoms with van der Waals surface area (Å²) in [6.07, 6.45) is 2.94. The third-order valence-electron chi connectivity index (χ3n) is 7.36. The van der Waals surface area contributed by atoms with Crippen molar-refractivity contribution in [1.82, 2.24) is 24.4 Å². The van der Waals surface area contributed by atoms with Crippen molar-refractivity contribution in [1.29, 1.82) is 5.26 Å². The highest BCUT2D eigenvalue weighted by Crippen LogP contribution is 2.37. The van der Waals surface area contributed by atoms with E-state index in [2.05, 4.69) is 32.8 Å². The molecule has 4 aromatic rings. The summed E-state index contributed by atoms with van der Waals surface area (Å²) < 4.78 is 7.10. The Morgan fingerprint density at radius 2 is 1.88 bits per heavy atom. The van der Waals surface area contributed by atoms with Gasteiger partial charge in [0.2, 0.25) is 0 Å². The summed E-state index contributed by atoms with van der Waals surface area (Å²) >= 11 is 0. The predicted molar refractivity (Wildman–Crippen MR) is 152 cm³/mol. The second kappa shape index (κ2) is 11.1. The number of para-hydroxylation sites is 1. The van der Waals surface area contributed by atoms with E-state index in [-0.39, 0.29) is 23.0 Å². The first-order chi connectivity index (χ1) is 19.7. The normalized spacial score (nSPS) is 17.4. The quantitative estimate of drug-likeness (QED) is 0.395. The molecule has 40 heavy (non-hydrogen) atoms. The molecule has 0 amide bonds. The van der Waals surface area contributed by atoms with Crippen molar-refractivity contribution in [2.45, 2.75) is 18.9 Å². The van der Waals surface area contributed by atoms with Crippen LogP contribution in [0.1, 0.15) is 35.8 Å². The lowest BCUT2D eigenvalue weighted by Crippen LogP contribution is -2.36. The van der Waals surface area contributed by atoms with E-state index in [9.17, 15) is 10.1 Å². The maximum absolute atomic E-state index is 14.3. The lowest BCUT2D eigenvalue weighted by atomic mass is 10.1. The van der Waals surface area contributed by atoms with E-state index in [4.69, 9.17) is 15.5 Å². The molecule has 4 heterocycles. The fourth-order valence-electron chi connectivity index (χ4n) is 5.41. The highest BCUT2D eigenvalue weighted by atomic mass is 16.5. The van der Waals surface area contributed by atoms with Crippen LogP contribution in [-0.2, 0) is 4.74 Å². The molecule has 2 aromatic heterocycles. The number of hydrogen-bond donors (Lipinski definition) is 1. The van der Waals surface area contributed by atoms with Crippen molar-refractivity contribution in [3.8, 4) is 23.6 Å². The highest BCUT2D eigenvalue weighted by molar-refractivity contribution is 5.85. The number of nitrogens with two attached hydrogens (primary N) is 1. The highest BCUT2D eigenvalue weighted by Gasteiger charge is 2.34. The molecule has 2 N–H and O–H groups in total. The van der Waals surface area contributed by atoms with Crippen LogP contribution in [0, 0.1) is 23.2 Å².